The molecule has 8 heteroatoms. The van der Waals surface area contributed by atoms with Gasteiger partial charge in [0.2, 0.25) is 0 Å². The third kappa shape index (κ3) is 5.03. The number of likely N-dealkylation sites (N-methyl/N-ethyl adjacent to an activating group) is 1. The van der Waals surface area contributed by atoms with Crippen LogP contribution in [-0.4, -0.2) is 49.1 Å². The monoisotopic (exact) mass is 414 g/mol. The molecule has 3 rings (SSSR count). The highest BCUT2D eigenvalue weighted by Crippen LogP contribution is 2.29. The molecule has 1 atom stereocenters. The zero-order chi connectivity index (χ0) is 20.8. The van der Waals surface area contributed by atoms with Gasteiger partial charge < -0.3 is 19.1 Å². The molecule has 0 radical (unpaired) electrons. The Morgan fingerprint density at radius 3 is 2.48 bits per heavy atom. The second-order valence-corrected chi connectivity index (χ2v) is 7.36. The summed E-state index contributed by atoms with van der Waals surface area (Å²) in [4.78, 5) is 30.4. The first-order valence-electron chi connectivity index (χ1n) is 9.02. The fourth-order valence-electron chi connectivity index (χ4n) is 2.61. The van der Waals surface area contributed by atoms with Crippen LogP contribution in [0, 0.1) is 0 Å². The standard InChI is InChI=1S/C21H22N2O5S/c1-14(21-22-15-8-4-7-11-18(15)29-21)23(2)19(24)12-28-20(25)13-27-17-10-6-5-9-16(17)26-3/h4-11,14H,12-13H2,1-3H3/t14-/m0/s1. The third-order valence-corrected chi connectivity index (χ3v) is 5.62. The summed E-state index contributed by atoms with van der Waals surface area (Å²) in [7, 11) is 3.18. The van der Waals surface area contributed by atoms with E-state index in [4.69, 9.17) is 14.2 Å². The van der Waals surface area contributed by atoms with Gasteiger partial charge in [-0.3, -0.25) is 4.79 Å². The van der Waals surface area contributed by atoms with E-state index >= 15 is 0 Å². The largest absolute Gasteiger partial charge is 0.493 e. The van der Waals surface area contributed by atoms with Crippen LogP contribution in [0.25, 0.3) is 10.2 Å². The number of ether oxygens (including phenoxy) is 3. The van der Waals surface area contributed by atoms with Gasteiger partial charge in [-0.2, -0.15) is 0 Å². The first-order chi connectivity index (χ1) is 14.0. The molecule has 3 aromatic rings. The van der Waals surface area contributed by atoms with Crippen molar-refractivity contribution in [2.45, 2.75) is 13.0 Å². The second kappa shape index (κ2) is 9.38. The van der Waals surface area contributed by atoms with Crippen molar-refractivity contribution in [3.8, 4) is 11.5 Å². The van der Waals surface area contributed by atoms with Crippen molar-refractivity contribution in [2.75, 3.05) is 27.4 Å². The number of carbonyl (C=O) groups excluding carboxylic acids is 2. The van der Waals surface area contributed by atoms with Gasteiger partial charge in [-0.25, -0.2) is 9.78 Å². The molecular formula is C21H22N2O5S. The molecule has 152 valence electrons. The van der Waals surface area contributed by atoms with Crippen molar-refractivity contribution in [3.05, 3.63) is 53.5 Å². The van der Waals surface area contributed by atoms with E-state index < -0.39 is 5.97 Å². The number of hydrogen-bond donors (Lipinski definition) is 0. The molecule has 0 N–H and O–H groups in total. The second-order valence-electron chi connectivity index (χ2n) is 6.30. The molecule has 0 spiro atoms. The fourth-order valence-corrected chi connectivity index (χ4v) is 3.67. The van der Waals surface area contributed by atoms with Crippen LogP contribution in [0.3, 0.4) is 0 Å². The van der Waals surface area contributed by atoms with E-state index in [9.17, 15) is 9.59 Å². The van der Waals surface area contributed by atoms with Crippen molar-refractivity contribution in [1.82, 2.24) is 9.88 Å². The van der Waals surface area contributed by atoms with Crippen LogP contribution in [0.15, 0.2) is 48.5 Å². The number of methoxy groups -OCH3 is 1. The van der Waals surface area contributed by atoms with Crippen LogP contribution in [0.5, 0.6) is 11.5 Å². The summed E-state index contributed by atoms with van der Waals surface area (Å²) in [5, 5.41) is 0.827. The van der Waals surface area contributed by atoms with Gasteiger partial charge in [-0.1, -0.05) is 24.3 Å². The number of thiazole rings is 1. The van der Waals surface area contributed by atoms with Gasteiger partial charge in [-0.15, -0.1) is 11.3 Å². The summed E-state index contributed by atoms with van der Waals surface area (Å²) in [5.74, 6) is -0.00619. The number of para-hydroxylation sites is 3. The number of benzene rings is 2. The fraction of sp³-hybridized carbons (Fsp3) is 0.286. The molecule has 1 aromatic heterocycles. The molecule has 0 aliphatic heterocycles. The van der Waals surface area contributed by atoms with E-state index in [0.29, 0.717) is 11.5 Å². The van der Waals surface area contributed by atoms with E-state index in [1.165, 1.54) is 12.0 Å². The van der Waals surface area contributed by atoms with Crippen LogP contribution in [0.1, 0.15) is 18.0 Å². The minimum Gasteiger partial charge on any atom is -0.493 e. The summed E-state index contributed by atoms with van der Waals surface area (Å²) in [6.07, 6.45) is 0. The van der Waals surface area contributed by atoms with E-state index in [1.807, 2.05) is 31.2 Å². The quantitative estimate of drug-likeness (QED) is 0.526. The van der Waals surface area contributed by atoms with E-state index in [2.05, 4.69) is 4.98 Å². The van der Waals surface area contributed by atoms with Crippen LogP contribution in [-0.2, 0) is 14.3 Å². The van der Waals surface area contributed by atoms with Gasteiger partial charge in [0, 0.05) is 7.05 Å². The van der Waals surface area contributed by atoms with Gasteiger partial charge in [0.1, 0.15) is 5.01 Å². The van der Waals surface area contributed by atoms with Crippen LogP contribution in [0.4, 0.5) is 0 Å². The van der Waals surface area contributed by atoms with Crippen molar-refractivity contribution >= 4 is 33.4 Å². The Balaban J connectivity index is 1.50. The van der Waals surface area contributed by atoms with Crippen molar-refractivity contribution in [2.24, 2.45) is 0 Å². The molecule has 0 unspecified atom stereocenters. The molecular weight excluding hydrogens is 392 g/mol. The minimum absolute atomic E-state index is 0.233. The van der Waals surface area contributed by atoms with Crippen LogP contribution in [0.2, 0.25) is 0 Å². The number of esters is 1. The first-order valence-corrected chi connectivity index (χ1v) is 9.84. The van der Waals surface area contributed by atoms with Gasteiger partial charge in [0.25, 0.3) is 5.91 Å². The molecule has 0 aliphatic rings. The number of hydrogen-bond acceptors (Lipinski definition) is 7. The lowest BCUT2D eigenvalue weighted by atomic mass is 10.3. The molecule has 1 amide bonds. The smallest absolute Gasteiger partial charge is 0.344 e. The Kier molecular flexibility index (Phi) is 6.66. The topological polar surface area (TPSA) is 78.0 Å². The summed E-state index contributed by atoms with van der Waals surface area (Å²) >= 11 is 1.54. The summed E-state index contributed by atoms with van der Waals surface area (Å²) in [6, 6.07) is 14.6. The average Bonchev–Trinajstić information content (AvgIpc) is 3.19. The number of fused-ring (bicyclic) bond motifs is 1. The molecule has 0 bridgehead atoms. The average molecular weight is 414 g/mol. The first kappa shape index (κ1) is 20.6. The van der Waals surface area contributed by atoms with Crippen molar-refractivity contribution < 1.29 is 23.8 Å². The molecule has 0 aliphatic carbocycles. The lowest BCUT2D eigenvalue weighted by Crippen LogP contribution is -2.34. The third-order valence-electron chi connectivity index (χ3n) is 4.41. The maximum Gasteiger partial charge on any atom is 0.344 e. The van der Waals surface area contributed by atoms with Crippen LogP contribution >= 0.6 is 11.3 Å². The Hall–Kier alpha value is -3.13. The highest BCUT2D eigenvalue weighted by atomic mass is 32.1. The number of aromatic nitrogens is 1. The summed E-state index contributed by atoms with van der Waals surface area (Å²) in [6.45, 7) is 1.22. The van der Waals surface area contributed by atoms with Gasteiger partial charge in [0.15, 0.2) is 24.7 Å². The highest BCUT2D eigenvalue weighted by Gasteiger charge is 2.22. The highest BCUT2D eigenvalue weighted by molar-refractivity contribution is 7.18. The lowest BCUT2D eigenvalue weighted by molar-refractivity contribution is -0.153. The maximum atomic E-state index is 12.4. The van der Waals surface area contributed by atoms with Gasteiger partial charge in [-0.05, 0) is 31.2 Å². The molecule has 0 saturated carbocycles. The lowest BCUT2D eigenvalue weighted by Gasteiger charge is -2.23. The van der Waals surface area contributed by atoms with Gasteiger partial charge >= 0.3 is 5.97 Å². The Bertz CT molecular complexity index is 970. The predicted octanol–water partition coefficient (Wildman–Crippen LogP) is 3.45. The molecule has 0 saturated heterocycles. The summed E-state index contributed by atoms with van der Waals surface area (Å²) in [5.41, 5.74) is 0.903. The van der Waals surface area contributed by atoms with Crippen molar-refractivity contribution in [3.63, 3.8) is 0 Å². The molecule has 2 aromatic carbocycles. The van der Waals surface area contributed by atoms with E-state index in [1.54, 1.807) is 42.6 Å². The number of amides is 1. The SMILES string of the molecule is COc1ccccc1OCC(=O)OCC(=O)N(C)[C@@H](C)c1nc2ccccc2s1. The Morgan fingerprint density at radius 2 is 1.76 bits per heavy atom. The number of carbonyl (C=O) groups is 2. The zero-order valence-corrected chi connectivity index (χ0v) is 17.3. The van der Waals surface area contributed by atoms with E-state index in [0.717, 1.165) is 15.2 Å². The molecule has 1 heterocycles. The summed E-state index contributed by atoms with van der Waals surface area (Å²) < 4.78 is 16.7. The van der Waals surface area contributed by atoms with E-state index in [-0.39, 0.29) is 25.2 Å². The maximum absolute atomic E-state index is 12.4. The van der Waals surface area contributed by atoms with Crippen LogP contribution < -0.4 is 9.47 Å². The zero-order valence-electron chi connectivity index (χ0n) is 16.5. The normalized spacial score (nSPS) is 11.7. The number of nitrogens with zero attached hydrogens (tertiary/aromatic N) is 2. The Labute approximate surface area is 172 Å². The number of rotatable bonds is 8. The van der Waals surface area contributed by atoms with Crippen molar-refractivity contribution in [1.29, 1.82) is 0 Å². The minimum atomic E-state index is -0.634. The molecule has 7 nitrogen and oxygen atoms in total. The molecule has 29 heavy (non-hydrogen) atoms. The predicted molar refractivity (Wildman–Crippen MR) is 110 cm³/mol. The Morgan fingerprint density at radius 1 is 1.07 bits per heavy atom. The molecule has 0 fully saturated rings. The van der Waals surface area contributed by atoms with Gasteiger partial charge in [0.05, 0.1) is 23.4 Å².